The van der Waals surface area contributed by atoms with Crippen LogP contribution in [0.4, 0.5) is 5.69 Å². The van der Waals surface area contributed by atoms with Gasteiger partial charge in [-0.15, -0.1) is 0 Å². The third-order valence-corrected chi connectivity index (χ3v) is 4.69. The number of likely N-dealkylation sites (N-methyl/N-ethyl adjacent to an activating group) is 1. The fraction of sp³-hybridized carbons (Fsp3) is 0.300. The number of amides is 2. The van der Waals surface area contributed by atoms with Crippen molar-refractivity contribution in [3.8, 4) is 0 Å². The van der Waals surface area contributed by atoms with Gasteiger partial charge in [0.25, 0.3) is 5.91 Å². The van der Waals surface area contributed by atoms with E-state index in [4.69, 9.17) is 11.6 Å². The second kappa shape index (κ2) is 8.34. The van der Waals surface area contributed by atoms with Gasteiger partial charge >= 0.3 is 0 Å². The molecule has 0 bridgehead atoms. The Bertz CT molecular complexity index is 784. The first-order valence-electron chi connectivity index (χ1n) is 8.63. The molecule has 1 fully saturated rings. The zero-order valence-electron chi connectivity index (χ0n) is 14.7. The first-order chi connectivity index (χ1) is 12.5. The highest BCUT2D eigenvalue weighted by molar-refractivity contribution is 6.30. The molecular formula is C20H22ClN3O2. The molecule has 6 heteroatoms. The Morgan fingerprint density at radius 3 is 2.38 bits per heavy atom. The molecular weight excluding hydrogens is 350 g/mol. The first-order valence-corrected chi connectivity index (χ1v) is 9.01. The van der Waals surface area contributed by atoms with E-state index in [9.17, 15) is 9.59 Å². The van der Waals surface area contributed by atoms with Gasteiger partial charge in [-0.25, -0.2) is 0 Å². The summed E-state index contributed by atoms with van der Waals surface area (Å²) in [5.74, 6) is -0.0830. The summed E-state index contributed by atoms with van der Waals surface area (Å²) in [6.07, 6.45) is 0.253. The summed E-state index contributed by atoms with van der Waals surface area (Å²) in [6.45, 7) is 3.27. The summed E-state index contributed by atoms with van der Waals surface area (Å²) >= 11 is 5.94. The van der Waals surface area contributed by atoms with Gasteiger partial charge in [0.05, 0.1) is 6.42 Å². The number of nitrogens with zero attached hydrogens (tertiary/aromatic N) is 2. The normalized spacial score (nSPS) is 14.9. The first kappa shape index (κ1) is 18.4. The van der Waals surface area contributed by atoms with Gasteiger partial charge in [0.15, 0.2) is 0 Å². The lowest BCUT2D eigenvalue weighted by Gasteiger charge is -2.32. The number of piperazine rings is 1. The number of rotatable bonds is 4. The third kappa shape index (κ3) is 4.84. The zero-order chi connectivity index (χ0) is 18.5. The Hall–Kier alpha value is -2.37. The summed E-state index contributed by atoms with van der Waals surface area (Å²) in [6, 6.07) is 14.3. The number of benzene rings is 2. The molecule has 0 radical (unpaired) electrons. The Balaban J connectivity index is 1.57. The van der Waals surface area contributed by atoms with Crippen LogP contribution in [0.25, 0.3) is 0 Å². The Kier molecular flexibility index (Phi) is 5.91. The van der Waals surface area contributed by atoms with E-state index >= 15 is 0 Å². The van der Waals surface area contributed by atoms with Crippen LogP contribution in [0.3, 0.4) is 0 Å². The maximum atomic E-state index is 12.5. The summed E-state index contributed by atoms with van der Waals surface area (Å²) in [5.41, 5.74) is 2.17. The Morgan fingerprint density at radius 2 is 1.73 bits per heavy atom. The van der Waals surface area contributed by atoms with Gasteiger partial charge in [-0.3, -0.25) is 9.59 Å². The molecule has 2 amide bonds. The van der Waals surface area contributed by atoms with Crippen molar-refractivity contribution in [2.75, 3.05) is 38.5 Å². The molecule has 1 saturated heterocycles. The lowest BCUT2D eigenvalue weighted by molar-refractivity contribution is -0.115. The SMILES string of the molecule is CN1CCN(C(=O)c2ccc(NC(=O)Cc3cccc(Cl)c3)cc2)CC1. The largest absolute Gasteiger partial charge is 0.336 e. The van der Waals surface area contributed by atoms with Crippen molar-refractivity contribution in [1.82, 2.24) is 9.80 Å². The maximum Gasteiger partial charge on any atom is 0.253 e. The molecule has 0 aliphatic carbocycles. The van der Waals surface area contributed by atoms with Crippen LogP contribution in [0.5, 0.6) is 0 Å². The van der Waals surface area contributed by atoms with E-state index in [0.29, 0.717) is 16.3 Å². The molecule has 1 heterocycles. The van der Waals surface area contributed by atoms with Gasteiger partial charge in [-0.1, -0.05) is 23.7 Å². The van der Waals surface area contributed by atoms with Crippen LogP contribution in [-0.4, -0.2) is 54.8 Å². The topological polar surface area (TPSA) is 52.6 Å². The predicted molar refractivity (Wildman–Crippen MR) is 104 cm³/mol. The van der Waals surface area contributed by atoms with E-state index in [1.807, 2.05) is 17.0 Å². The fourth-order valence-electron chi connectivity index (χ4n) is 2.93. The van der Waals surface area contributed by atoms with Gasteiger partial charge in [-0.2, -0.15) is 0 Å². The minimum Gasteiger partial charge on any atom is -0.336 e. The summed E-state index contributed by atoms with van der Waals surface area (Å²) < 4.78 is 0. The molecule has 136 valence electrons. The number of hydrogen-bond acceptors (Lipinski definition) is 3. The van der Waals surface area contributed by atoms with E-state index in [2.05, 4.69) is 17.3 Å². The van der Waals surface area contributed by atoms with Crippen LogP contribution >= 0.6 is 11.6 Å². The van der Waals surface area contributed by atoms with Crippen molar-refractivity contribution >= 4 is 29.1 Å². The molecule has 3 rings (SSSR count). The number of hydrogen-bond donors (Lipinski definition) is 1. The lowest BCUT2D eigenvalue weighted by atomic mass is 10.1. The van der Waals surface area contributed by atoms with Gasteiger partial charge in [0.1, 0.15) is 0 Å². The molecule has 0 atom stereocenters. The van der Waals surface area contributed by atoms with Gasteiger partial charge in [0.2, 0.25) is 5.91 Å². The molecule has 0 unspecified atom stereocenters. The van der Waals surface area contributed by atoms with Crippen molar-refractivity contribution in [1.29, 1.82) is 0 Å². The van der Waals surface area contributed by atoms with Crippen LogP contribution < -0.4 is 5.32 Å². The molecule has 1 N–H and O–H groups in total. The maximum absolute atomic E-state index is 12.5. The van der Waals surface area contributed by atoms with E-state index in [1.165, 1.54) is 0 Å². The average Bonchev–Trinajstić information content (AvgIpc) is 2.62. The fourth-order valence-corrected chi connectivity index (χ4v) is 3.14. The van der Waals surface area contributed by atoms with Crippen LogP contribution in [0.15, 0.2) is 48.5 Å². The smallest absolute Gasteiger partial charge is 0.253 e. The molecule has 26 heavy (non-hydrogen) atoms. The van der Waals surface area contributed by atoms with Crippen molar-refractivity contribution in [2.45, 2.75) is 6.42 Å². The number of carbonyl (C=O) groups excluding carboxylic acids is 2. The monoisotopic (exact) mass is 371 g/mol. The van der Waals surface area contributed by atoms with Gasteiger partial charge in [-0.05, 0) is 49.0 Å². The Morgan fingerprint density at radius 1 is 1.04 bits per heavy atom. The summed E-state index contributed by atoms with van der Waals surface area (Å²) in [7, 11) is 2.06. The summed E-state index contributed by atoms with van der Waals surface area (Å²) in [4.78, 5) is 28.8. The molecule has 2 aromatic rings. The van der Waals surface area contributed by atoms with Gasteiger partial charge < -0.3 is 15.1 Å². The predicted octanol–water partition coefficient (Wildman–Crippen LogP) is 2.91. The van der Waals surface area contributed by atoms with E-state index < -0.39 is 0 Å². The number of nitrogens with one attached hydrogen (secondary N) is 1. The molecule has 0 aromatic heterocycles. The lowest BCUT2D eigenvalue weighted by Crippen LogP contribution is -2.47. The minimum absolute atomic E-state index is 0.0369. The minimum atomic E-state index is -0.120. The molecule has 1 aliphatic heterocycles. The van der Waals surface area contributed by atoms with Crippen molar-refractivity contribution in [3.05, 3.63) is 64.7 Å². The van der Waals surface area contributed by atoms with Crippen LogP contribution in [0.2, 0.25) is 5.02 Å². The third-order valence-electron chi connectivity index (χ3n) is 4.46. The average molecular weight is 372 g/mol. The highest BCUT2D eigenvalue weighted by Gasteiger charge is 2.20. The molecule has 2 aromatic carbocycles. The van der Waals surface area contributed by atoms with E-state index in [0.717, 1.165) is 31.7 Å². The zero-order valence-corrected chi connectivity index (χ0v) is 15.5. The van der Waals surface area contributed by atoms with E-state index in [-0.39, 0.29) is 18.2 Å². The highest BCUT2D eigenvalue weighted by atomic mass is 35.5. The van der Waals surface area contributed by atoms with Crippen molar-refractivity contribution in [2.24, 2.45) is 0 Å². The second-order valence-corrected chi connectivity index (χ2v) is 6.96. The van der Waals surface area contributed by atoms with Crippen LogP contribution in [-0.2, 0) is 11.2 Å². The standard InChI is InChI=1S/C20H22ClN3O2/c1-23-9-11-24(12-10-23)20(26)16-5-7-18(8-6-16)22-19(25)14-15-3-2-4-17(21)13-15/h2-8,13H,9-12,14H2,1H3,(H,22,25). The van der Waals surface area contributed by atoms with Crippen molar-refractivity contribution in [3.63, 3.8) is 0 Å². The Labute approximate surface area is 158 Å². The van der Waals surface area contributed by atoms with Gasteiger partial charge in [0, 0.05) is 42.5 Å². The summed E-state index contributed by atoms with van der Waals surface area (Å²) in [5, 5.41) is 3.46. The molecule has 0 spiro atoms. The second-order valence-electron chi connectivity index (χ2n) is 6.53. The van der Waals surface area contributed by atoms with E-state index in [1.54, 1.807) is 36.4 Å². The number of halogens is 1. The molecule has 5 nitrogen and oxygen atoms in total. The number of carbonyl (C=O) groups is 2. The molecule has 0 saturated carbocycles. The molecule has 1 aliphatic rings. The van der Waals surface area contributed by atoms with Crippen molar-refractivity contribution < 1.29 is 9.59 Å². The van der Waals surface area contributed by atoms with Crippen LogP contribution in [0, 0.1) is 0 Å². The quantitative estimate of drug-likeness (QED) is 0.899. The van der Waals surface area contributed by atoms with Crippen LogP contribution in [0.1, 0.15) is 15.9 Å². The number of anilines is 1. The highest BCUT2D eigenvalue weighted by Crippen LogP contribution is 2.15.